The molecule has 0 unspecified atom stereocenters. The second kappa shape index (κ2) is 14.3. The van der Waals surface area contributed by atoms with Gasteiger partial charge in [-0.15, -0.1) is 0 Å². The molecule has 12 heteroatoms. The van der Waals surface area contributed by atoms with Gasteiger partial charge in [0.05, 0.1) is 6.20 Å². The topological polar surface area (TPSA) is 155 Å². The molecule has 2 aromatic carbocycles. The number of nitrogens with zero attached hydrogens (tertiary/aromatic N) is 2. The molecule has 5 N–H and O–H groups in total. The van der Waals surface area contributed by atoms with Crippen LogP contribution < -0.4 is 26.2 Å². The Labute approximate surface area is 224 Å². The highest BCUT2D eigenvalue weighted by atomic mass is 35.5. The number of anilines is 3. The first-order valence-corrected chi connectivity index (χ1v) is 12.1. The number of hydrogen-bond donors (Lipinski definition) is 5. The van der Waals surface area contributed by atoms with Crippen molar-refractivity contribution in [2.45, 2.75) is 25.7 Å². The van der Waals surface area contributed by atoms with Crippen molar-refractivity contribution in [2.24, 2.45) is 0 Å². The largest absolute Gasteiger partial charge is 0.437 e. The zero-order valence-corrected chi connectivity index (χ0v) is 21.1. The first kappa shape index (κ1) is 28.1. The van der Waals surface area contributed by atoms with E-state index in [4.69, 9.17) is 21.5 Å². The van der Waals surface area contributed by atoms with Crippen LogP contribution in [0.3, 0.4) is 0 Å². The summed E-state index contributed by atoms with van der Waals surface area (Å²) in [5.41, 5.74) is 3.13. The van der Waals surface area contributed by atoms with E-state index >= 15 is 0 Å². The lowest BCUT2D eigenvalue weighted by atomic mass is 10.1. The van der Waals surface area contributed by atoms with Gasteiger partial charge in [0.1, 0.15) is 10.8 Å². The van der Waals surface area contributed by atoms with Crippen LogP contribution in [-0.4, -0.2) is 39.4 Å². The van der Waals surface area contributed by atoms with E-state index in [0.717, 1.165) is 12.5 Å². The number of nitrogens with one attached hydrogen (secondary N) is 4. The summed E-state index contributed by atoms with van der Waals surface area (Å²) in [4.78, 5) is 43.5. The number of hydrogen-bond acceptors (Lipinski definition) is 8. The van der Waals surface area contributed by atoms with Gasteiger partial charge in [-0.1, -0.05) is 36.7 Å². The normalized spacial score (nSPS) is 10.3. The van der Waals surface area contributed by atoms with Gasteiger partial charge in [-0.25, -0.2) is 10.5 Å². The molecule has 1 heterocycles. The third kappa shape index (κ3) is 8.87. The van der Waals surface area contributed by atoms with Crippen LogP contribution in [-0.2, 0) is 9.59 Å². The Morgan fingerprint density at radius 2 is 1.84 bits per heavy atom. The van der Waals surface area contributed by atoms with Crippen molar-refractivity contribution in [2.75, 3.05) is 17.2 Å². The van der Waals surface area contributed by atoms with E-state index in [0.29, 0.717) is 42.1 Å². The number of hydroxylamine groups is 1. The number of aromatic nitrogens is 2. The zero-order chi connectivity index (χ0) is 27.3. The highest BCUT2D eigenvalue weighted by Crippen LogP contribution is 2.29. The molecule has 0 aliphatic heterocycles. The van der Waals surface area contributed by atoms with Crippen LogP contribution >= 0.6 is 11.6 Å². The second-order valence-electron chi connectivity index (χ2n) is 7.98. The number of carbonyl (C=O) groups excluding carboxylic acids is 3. The Bertz CT molecular complexity index is 1300. The number of benzene rings is 2. The molecule has 0 atom stereocenters. The van der Waals surface area contributed by atoms with Gasteiger partial charge in [0.25, 0.3) is 5.91 Å². The van der Waals surface area contributed by atoms with Gasteiger partial charge < -0.3 is 20.7 Å². The fraction of sp³-hybridized carbons (Fsp3) is 0.192. The molecule has 0 aliphatic carbocycles. The second-order valence-corrected chi connectivity index (χ2v) is 8.38. The van der Waals surface area contributed by atoms with Crippen molar-refractivity contribution in [3.8, 4) is 11.6 Å². The van der Waals surface area contributed by atoms with E-state index in [9.17, 15) is 14.4 Å². The number of amides is 3. The molecule has 38 heavy (non-hydrogen) atoms. The Morgan fingerprint density at radius 3 is 2.63 bits per heavy atom. The third-order valence-corrected chi connectivity index (χ3v) is 5.34. The van der Waals surface area contributed by atoms with E-state index in [1.165, 1.54) is 6.20 Å². The summed E-state index contributed by atoms with van der Waals surface area (Å²) < 4.78 is 5.80. The summed E-state index contributed by atoms with van der Waals surface area (Å²) in [5.74, 6) is -0.328. The zero-order valence-electron chi connectivity index (χ0n) is 20.4. The molecule has 0 saturated carbocycles. The first-order valence-electron chi connectivity index (χ1n) is 11.7. The van der Waals surface area contributed by atoms with Crippen molar-refractivity contribution in [3.63, 3.8) is 0 Å². The van der Waals surface area contributed by atoms with Crippen LogP contribution in [0.5, 0.6) is 11.6 Å². The van der Waals surface area contributed by atoms with Crippen LogP contribution in [0, 0.1) is 0 Å². The van der Waals surface area contributed by atoms with Crippen molar-refractivity contribution in [1.29, 1.82) is 0 Å². The molecule has 0 fully saturated rings. The smallest absolute Gasteiger partial charge is 0.251 e. The van der Waals surface area contributed by atoms with Crippen molar-refractivity contribution < 1.29 is 24.3 Å². The molecule has 1 aromatic heterocycles. The molecule has 11 nitrogen and oxygen atoms in total. The minimum absolute atomic E-state index is 0.0988. The van der Waals surface area contributed by atoms with Crippen LogP contribution in [0.4, 0.5) is 17.3 Å². The molecule has 3 rings (SSSR count). The molecule has 3 amide bonds. The maximum absolute atomic E-state index is 12.5. The quantitative estimate of drug-likeness (QED) is 0.0916. The lowest BCUT2D eigenvalue weighted by molar-refractivity contribution is -0.129. The van der Waals surface area contributed by atoms with Gasteiger partial charge in [0, 0.05) is 36.0 Å². The maximum Gasteiger partial charge on any atom is 0.251 e. The molecule has 0 spiro atoms. The molecule has 198 valence electrons. The van der Waals surface area contributed by atoms with Crippen molar-refractivity contribution >= 4 is 46.6 Å². The highest BCUT2D eigenvalue weighted by molar-refractivity contribution is 6.31. The van der Waals surface area contributed by atoms with E-state index in [-0.39, 0.29) is 35.1 Å². The number of rotatable bonds is 13. The summed E-state index contributed by atoms with van der Waals surface area (Å²) in [5, 5.41) is 17.2. The van der Waals surface area contributed by atoms with Gasteiger partial charge >= 0.3 is 0 Å². The van der Waals surface area contributed by atoms with E-state index < -0.39 is 5.91 Å². The van der Waals surface area contributed by atoms with Gasteiger partial charge in [0.15, 0.2) is 0 Å². The monoisotopic (exact) mass is 538 g/mol. The highest BCUT2D eigenvalue weighted by Gasteiger charge is 2.11. The Balaban J connectivity index is 1.59. The van der Waals surface area contributed by atoms with E-state index in [2.05, 4.69) is 32.5 Å². The standard InChI is InChI=1S/C26H27ClN6O5/c1-2-22(34)30-19-10-7-11-20(15-19)38-25-21(27)16-29-26(32-25)31-18-9-6-8-17(14-18)24(36)28-13-5-3-4-12-23(35)33-37/h2,6-11,14-16,37H,1,3-5,12-13H2,(H,28,36)(H,30,34)(H,33,35)(H,29,31,32). The summed E-state index contributed by atoms with van der Waals surface area (Å²) in [6.07, 6.45) is 4.84. The average molecular weight is 539 g/mol. The Morgan fingerprint density at radius 1 is 1.05 bits per heavy atom. The molecular weight excluding hydrogens is 512 g/mol. The summed E-state index contributed by atoms with van der Waals surface area (Å²) in [7, 11) is 0. The van der Waals surface area contributed by atoms with Gasteiger partial charge in [-0.2, -0.15) is 4.98 Å². The van der Waals surface area contributed by atoms with E-state index in [1.54, 1.807) is 54.0 Å². The van der Waals surface area contributed by atoms with Crippen LogP contribution in [0.25, 0.3) is 0 Å². The van der Waals surface area contributed by atoms with Crippen molar-refractivity contribution in [3.05, 3.63) is 78.0 Å². The maximum atomic E-state index is 12.5. The van der Waals surface area contributed by atoms with Crippen LogP contribution in [0.15, 0.2) is 67.4 Å². The lowest BCUT2D eigenvalue weighted by Gasteiger charge is -2.11. The minimum atomic E-state index is -0.426. The Hall–Kier alpha value is -4.48. The van der Waals surface area contributed by atoms with Gasteiger partial charge in [-0.05, 0) is 49.2 Å². The summed E-state index contributed by atoms with van der Waals surface area (Å²) in [6, 6.07) is 13.5. The molecular formula is C26H27ClN6O5. The molecule has 0 bridgehead atoms. The number of unbranched alkanes of at least 4 members (excludes halogenated alkanes) is 2. The van der Waals surface area contributed by atoms with Crippen molar-refractivity contribution in [1.82, 2.24) is 20.8 Å². The van der Waals surface area contributed by atoms with Gasteiger partial charge in [-0.3, -0.25) is 19.6 Å². The third-order valence-electron chi connectivity index (χ3n) is 5.09. The molecule has 0 radical (unpaired) electrons. The first-order chi connectivity index (χ1) is 18.4. The molecule has 0 saturated heterocycles. The predicted molar refractivity (Wildman–Crippen MR) is 143 cm³/mol. The van der Waals surface area contributed by atoms with Crippen LogP contribution in [0.2, 0.25) is 5.02 Å². The summed E-state index contributed by atoms with van der Waals surface area (Å²) in [6.45, 7) is 3.88. The fourth-order valence-electron chi connectivity index (χ4n) is 3.24. The number of halogens is 1. The number of carbonyl (C=O) groups is 3. The lowest BCUT2D eigenvalue weighted by Crippen LogP contribution is -2.24. The summed E-state index contributed by atoms with van der Waals surface area (Å²) >= 11 is 6.22. The van der Waals surface area contributed by atoms with Gasteiger partial charge in [0.2, 0.25) is 23.6 Å². The minimum Gasteiger partial charge on any atom is -0.437 e. The predicted octanol–water partition coefficient (Wildman–Crippen LogP) is 4.59. The van der Waals surface area contributed by atoms with E-state index in [1.807, 2.05) is 0 Å². The SMILES string of the molecule is C=CC(=O)Nc1cccc(Oc2nc(Nc3cccc(C(=O)NCCCCCC(=O)NO)c3)ncc2Cl)c1. The Kier molecular flexibility index (Phi) is 10.6. The molecule has 0 aliphatic rings. The average Bonchev–Trinajstić information content (AvgIpc) is 2.92. The van der Waals surface area contributed by atoms with Crippen LogP contribution in [0.1, 0.15) is 36.0 Å². The molecule has 3 aromatic rings. The number of ether oxygens (including phenoxy) is 1. The fourth-order valence-corrected chi connectivity index (χ4v) is 3.37.